The van der Waals surface area contributed by atoms with Gasteiger partial charge in [0.15, 0.2) is 0 Å². The van der Waals surface area contributed by atoms with Gasteiger partial charge >= 0.3 is 6.18 Å². The number of hydrogen-bond donors (Lipinski definition) is 1. The van der Waals surface area contributed by atoms with Crippen LogP contribution in [0.15, 0.2) is 29.2 Å². The van der Waals surface area contributed by atoms with Gasteiger partial charge in [-0.2, -0.15) is 13.2 Å². The summed E-state index contributed by atoms with van der Waals surface area (Å²) < 4.78 is 36.4. The number of benzene rings is 1. The van der Waals surface area contributed by atoms with Gasteiger partial charge in [0.2, 0.25) is 0 Å². The van der Waals surface area contributed by atoms with Gasteiger partial charge in [-0.15, -0.1) is 11.8 Å². The van der Waals surface area contributed by atoms with Gasteiger partial charge in [-0.1, -0.05) is 0 Å². The van der Waals surface area contributed by atoms with Crippen molar-refractivity contribution in [2.24, 2.45) is 5.73 Å². The largest absolute Gasteiger partial charge is 0.416 e. The molecule has 14 heavy (non-hydrogen) atoms. The van der Waals surface area contributed by atoms with E-state index in [1.54, 1.807) is 0 Å². The Kier molecular flexibility index (Phi) is 3.83. The van der Waals surface area contributed by atoms with Crippen molar-refractivity contribution in [1.82, 2.24) is 0 Å². The molecule has 0 saturated heterocycles. The van der Waals surface area contributed by atoms with Crippen LogP contribution < -0.4 is 5.73 Å². The maximum absolute atomic E-state index is 12.1. The van der Waals surface area contributed by atoms with Crippen LogP contribution in [-0.2, 0) is 6.18 Å². The molecule has 1 aromatic rings. The number of nitrogens with two attached hydrogens (primary N) is 1. The van der Waals surface area contributed by atoms with Crippen molar-refractivity contribution < 1.29 is 13.2 Å². The highest BCUT2D eigenvalue weighted by molar-refractivity contribution is 7.99. The van der Waals surface area contributed by atoms with E-state index in [1.165, 1.54) is 23.9 Å². The molecular weight excluding hydrogens is 211 g/mol. The molecule has 0 amide bonds. The van der Waals surface area contributed by atoms with Gasteiger partial charge < -0.3 is 5.73 Å². The van der Waals surface area contributed by atoms with Crippen molar-refractivity contribution in [3.8, 4) is 0 Å². The minimum Gasteiger partial charge on any atom is -0.330 e. The van der Waals surface area contributed by atoms with Crippen LogP contribution in [-0.4, -0.2) is 12.3 Å². The molecule has 0 unspecified atom stereocenters. The Labute approximate surface area is 84.5 Å². The lowest BCUT2D eigenvalue weighted by molar-refractivity contribution is -0.137. The molecule has 1 nitrogen and oxygen atoms in total. The molecule has 0 bridgehead atoms. The Morgan fingerprint density at radius 1 is 1.14 bits per heavy atom. The lowest BCUT2D eigenvalue weighted by atomic mass is 10.2. The zero-order chi connectivity index (χ0) is 10.6. The van der Waals surface area contributed by atoms with Crippen molar-refractivity contribution in [3.63, 3.8) is 0 Å². The van der Waals surface area contributed by atoms with E-state index >= 15 is 0 Å². The molecule has 0 aliphatic heterocycles. The molecule has 1 rings (SSSR count). The van der Waals surface area contributed by atoms with Gasteiger partial charge in [0.25, 0.3) is 0 Å². The molecule has 0 spiro atoms. The van der Waals surface area contributed by atoms with Gasteiger partial charge in [-0.05, 0) is 24.3 Å². The number of thioether (sulfide) groups is 1. The highest BCUT2D eigenvalue weighted by Crippen LogP contribution is 2.30. The Morgan fingerprint density at radius 2 is 1.71 bits per heavy atom. The molecule has 0 fully saturated rings. The second kappa shape index (κ2) is 4.70. The van der Waals surface area contributed by atoms with Gasteiger partial charge in [0.1, 0.15) is 0 Å². The van der Waals surface area contributed by atoms with Crippen molar-refractivity contribution in [1.29, 1.82) is 0 Å². The minimum atomic E-state index is -4.25. The van der Waals surface area contributed by atoms with Gasteiger partial charge in [-0.25, -0.2) is 0 Å². The number of rotatable bonds is 3. The average Bonchev–Trinajstić information content (AvgIpc) is 2.14. The highest BCUT2D eigenvalue weighted by atomic mass is 32.2. The third kappa shape index (κ3) is 3.23. The number of halogens is 3. The molecule has 0 atom stereocenters. The fourth-order valence-electron chi connectivity index (χ4n) is 0.917. The molecule has 5 heteroatoms. The fraction of sp³-hybridized carbons (Fsp3) is 0.333. The monoisotopic (exact) mass is 221 g/mol. The Morgan fingerprint density at radius 3 is 2.14 bits per heavy atom. The van der Waals surface area contributed by atoms with E-state index < -0.39 is 11.7 Å². The molecule has 0 aromatic heterocycles. The Bertz CT molecular complexity index is 281. The molecule has 0 saturated carbocycles. The summed E-state index contributed by atoms with van der Waals surface area (Å²) in [6.45, 7) is 0.520. The SMILES string of the molecule is NCCSc1ccc(C(F)(F)F)cc1. The predicted molar refractivity (Wildman–Crippen MR) is 51.2 cm³/mol. The summed E-state index contributed by atoms with van der Waals surface area (Å²) in [5, 5.41) is 0. The van der Waals surface area contributed by atoms with Crippen molar-refractivity contribution in [3.05, 3.63) is 29.8 Å². The normalized spacial score (nSPS) is 11.7. The van der Waals surface area contributed by atoms with E-state index in [2.05, 4.69) is 0 Å². The molecular formula is C9H10F3NS. The molecule has 0 aliphatic carbocycles. The summed E-state index contributed by atoms with van der Waals surface area (Å²) in [7, 11) is 0. The first-order valence-corrected chi connectivity index (χ1v) is 5.02. The summed E-state index contributed by atoms with van der Waals surface area (Å²) in [4.78, 5) is 0.809. The first kappa shape index (κ1) is 11.4. The van der Waals surface area contributed by atoms with Crippen LogP contribution in [0.1, 0.15) is 5.56 Å². The van der Waals surface area contributed by atoms with Crippen molar-refractivity contribution >= 4 is 11.8 Å². The lowest BCUT2D eigenvalue weighted by Gasteiger charge is -2.06. The van der Waals surface area contributed by atoms with Crippen LogP contribution in [0.4, 0.5) is 13.2 Å². The quantitative estimate of drug-likeness (QED) is 0.794. The zero-order valence-electron chi connectivity index (χ0n) is 7.34. The van der Waals surface area contributed by atoms with Crippen molar-refractivity contribution in [2.45, 2.75) is 11.1 Å². The zero-order valence-corrected chi connectivity index (χ0v) is 8.16. The smallest absolute Gasteiger partial charge is 0.330 e. The molecule has 0 radical (unpaired) electrons. The molecule has 0 aliphatic rings. The van der Waals surface area contributed by atoms with Crippen molar-refractivity contribution in [2.75, 3.05) is 12.3 Å². The maximum Gasteiger partial charge on any atom is 0.416 e. The lowest BCUT2D eigenvalue weighted by Crippen LogP contribution is -2.04. The Balaban J connectivity index is 2.69. The minimum absolute atomic E-state index is 0.520. The second-order valence-electron chi connectivity index (χ2n) is 2.66. The predicted octanol–water partition coefficient (Wildman–Crippen LogP) is 2.76. The summed E-state index contributed by atoms with van der Waals surface area (Å²) in [6.07, 6.45) is -4.25. The highest BCUT2D eigenvalue weighted by Gasteiger charge is 2.29. The number of hydrogen-bond acceptors (Lipinski definition) is 2. The average molecular weight is 221 g/mol. The number of alkyl halides is 3. The van der Waals surface area contributed by atoms with Crippen LogP contribution in [0.5, 0.6) is 0 Å². The maximum atomic E-state index is 12.1. The van der Waals surface area contributed by atoms with Crippen LogP contribution in [0, 0.1) is 0 Å². The van der Waals surface area contributed by atoms with Crippen LogP contribution >= 0.6 is 11.8 Å². The summed E-state index contributed by atoms with van der Waals surface area (Å²) in [5.74, 6) is 0.714. The molecule has 2 N–H and O–H groups in total. The van der Waals surface area contributed by atoms with Crippen LogP contribution in [0.3, 0.4) is 0 Å². The summed E-state index contributed by atoms with van der Waals surface area (Å²) in [5.41, 5.74) is 4.66. The van der Waals surface area contributed by atoms with E-state index in [-0.39, 0.29) is 0 Å². The summed E-state index contributed by atoms with van der Waals surface area (Å²) >= 11 is 1.45. The van der Waals surface area contributed by atoms with Gasteiger partial charge in [0.05, 0.1) is 5.56 Å². The first-order chi connectivity index (χ1) is 6.54. The van der Waals surface area contributed by atoms with Crippen LogP contribution in [0.2, 0.25) is 0 Å². The van der Waals surface area contributed by atoms with E-state index in [0.29, 0.717) is 12.3 Å². The van der Waals surface area contributed by atoms with Gasteiger partial charge in [0, 0.05) is 17.2 Å². The third-order valence-electron chi connectivity index (χ3n) is 1.57. The Hall–Kier alpha value is -0.680. The van der Waals surface area contributed by atoms with Crippen LogP contribution in [0.25, 0.3) is 0 Å². The van der Waals surface area contributed by atoms with E-state index in [4.69, 9.17) is 5.73 Å². The third-order valence-corrected chi connectivity index (χ3v) is 2.61. The van der Waals surface area contributed by atoms with E-state index in [1.807, 2.05) is 0 Å². The second-order valence-corrected chi connectivity index (χ2v) is 3.83. The molecule has 1 aromatic carbocycles. The van der Waals surface area contributed by atoms with E-state index in [0.717, 1.165) is 17.0 Å². The molecule has 0 heterocycles. The fourth-order valence-corrected chi connectivity index (χ4v) is 1.60. The van der Waals surface area contributed by atoms with E-state index in [9.17, 15) is 13.2 Å². The topological polar surface area (TPSA) is 26.0 Å². The standard InChI is InChI=1S/C9H10F3NS/c10-9(11,12)7-1-3-8(4-2-7)14-6-5-13/h1-4H,5-6,13H2. The molecule has 78 valence electrons. The summed E-state index contributed by atoms with van der Waals surface area (Å²) in [6, 6.07) is 5.09. The first-order valence-electron chi connectivity index (χ1n) is 4.04. The van der Waals surface area contributed by atoms with Gasteiger partial charge in [-0.3, -0.25) is 0 Å².